The molecule has 7 nitrogen and oxygen atoms in total. The molecule has 0 aliphatic heterocycles. The van der Waals surface area contributed by atoms with Gasteiger partial charge in [-0.05, 0) is 18.1 Å². The summed E-state index contributed by atoms with van der Waals surface area (Å²) in [6.07, 6.45) is 4.36. The monoisotopic (exact) mass is 324 g/mol. The highest BCUT2D eigenvalue weighted by Gasteiger charge is 2.16. The van der Waals surface area contributed by atoms with Crippen LogP contribution in [0.4, 0.5) is 0 Å². The van der Waals surface area contributed by atoms with Gasteiger partial charge in [-0.25, -0.2) is 9.50 Å². The van der Waals surface area contributed by atoms with E-state index in [2.05, 4.69) is 27.2 Å². The summed E-state index contributed by atoms with van der Waals surface area (Å²) in [7, 11) is 0. The molecule has 0 spiro atoms. The molecule has 0 saturated heterocycles. The van der Waals surface area contributed by atoms with E-state index >= 15 is 0 Å². The lowest BCUT2D eigenvalue weighted by atomic mass is 10.1. The fraction of sp³-hybridized carbons (Fsp3) is 0.294. The number of hydrogen-bond acceptors (Lipinski definition) is 5. The lowest BCUT2D eigenvalue weighted by Crippen LogP contribution is -2.38. The molecule has 0 aliphatic rings. The average molecular weight is 324 g/mol. The minimum absolute atomic E-state index is 0.0210. The zero-order valence-electron chi connectivity index (χ0n) is 13.4. The van der Waals surface area contributed by atoms with Crippen LogP contribution in [0.25, 0.3) is 5.78 Å². The molecule has 2 heterocycles. The summed E-state index contributed by atoms with van der Waals surface area (Å²) in [6.45, 7) is 1.59. The highest BCUT2D eigenvalue weighted by atomic mass is 16.2. The molecule has 0 atom stereocenters. The van der Waals surface area contributed by atoms with Crippen molar-refractivity contribution in [1.82, 2.24) is 24.5 Å². The number of nitrogens with two attached hydrogens (primary N) is 1. The Kier molecular flexibility index (Phi) is 5.12. The standard InChI is InChI=1S/C17H20N6O/c18-8-12-22(11-7-14-5-2-1-3-6-14)16(24)13-15-20-17-19-9-4-10-23(17)21-15/h1-6,9-10H,7-8,11-13,18H2. The molecule has 1 aromatic carbocycles. The van der Waals surface area contributed by atoms with Gasteiger partial charge < -0.3 is 10.6 Å². The Balaban J connectivity index is 1.65. The molecule has 7 heteroatoms. The van der Waals surface area contributed by atoms with Crippen LogP contribution in [0.1, 0.15) is 11.4 Å². The Morgan fingerprint density at radius 3 is 2.75 bits per heavy atom. The van der Waals surface area contributed by atoms with Crippen LogP contribution in [0.2, 0.25) is 0 Å². The van der Waals surface area contributed by atoms with E-state index in [-0.39, 0.29) is 12.3 Å². The lowest BCUT2D eigenvalue weighted by Gasteiger charge is -2.21. The van der Waals surface area contributed by atoms with Gasteiger partial charge in [0.1, 0.15) is 0 Å². The summed E-state index contributed by atoms with van der Waals surface area (Å²) in [6, 6.07) is 11.9. The predicted molar refractivity (Wildman–Crippen MR) is 90.3 cm³/mol. The van der Waals surface area contributed by atoms with Crippen LogP contribution >= 0.6 is 0 Å². The van der Waals surface area contributed by atoms with Gasteiger partial charge in [0.05, 0.1) is 6.42 Å². The summed E-state index contributed by atoms with van der Waals surface area (Å²) >= 11 is 0. The molecule has 0 saturated carbocycles. The Morgan fingerprint density at radius 1 is 1.17 bits per heavy atom. The van der Waals surface area contributed by atoms with Crippen molar-refractivity contribution in [3.8, 4) is 0 Å². The molecule has 24 heavy (non-hydrogen) atoms. The van der Waals surface area contributed by atoms with Crippen molar-refractivity contribution in [3.63, 3.8) is 0 Å². The molecule has 3 rings (SSSR count). The normalized spacial score (nSPS) is 10.9. The molecule has 0 fully saturated rings. The third kappa shape index (κ3) is 3.94. The van der Waals surface area contributed by atoms with Crippen LogP contribution in [0.15, 0.2) is 48.8 Å². The summed E-state index contributed by atoms with van der Waals surface area (Å²) in [5.74, 6) is 0.947. The number of rotatable bonds is 7. The summed E-state index contributed by atoms with van der Waals surface area (Å²) in [5, 5.41) is 4.28. The molecule has 0 aliphatic carbocycles. The number of hydrogen-bond donors (Lipinski definition) is 1. The quantitative estimate of drug-likeness (QED) is 0.691. The Labute approximate surface area is 140 Å². The molecule has 0 bridgehead atoms. The van der Waals surface area contributed by atoms with Crippen LogP contribution in [-0.4, -0.2) is 50.0 Å². The molecule has 3 aromatic rings. The van der Waals surface area contributed by atoms with E-state index in [9.17, 15) is 4.79 Å². The number of aromatic nitrogens is 4. The Hall–Kier alpha value is -2.80. The molecule has 124 valence electrons. The van der Waals surface area contributed by atoms with Gasteiger partial charge in [-0.2, -0.15) is 4.98 Å². The van der Waals surface area contributed by atoms with Crippen LogP contribution < -0.4 is 5.73 Å². The van der Waals surface area contributed by atoms with Crippen LogP contribution in [-0.2, 0) is 17.6 Å². The maximum absolute atomic E-state index is 12.6. The van der Waals surface area contributed by atoms with Gasteiger partial charge in [0, 0.05) is 32.0 Å². The maximum atomic E-state index is 12.6. The first kappa shape index (κ1) is 16.1. The molecule has 0 radical (unpaired) electrons. The third-order valence-corrected chi connectivity index (χ3v) is 3.73. The Bertz CT molecular complexity index is 768. The highest BCUT2D eigenvalue weighted by Crippen LogP contribution is 2.04. The van der Waals surface area contributed by atoms with Crippen LogP contribution in [0.5, 0.6) is 0 Å². The number of nitrogens with zero attached hydrogens (tertiary/aromatic N) is 5. The summed E-state index contributed by atoms with van der Waals surface area (Å²) in [4.78, 5) is 22.7. The van der Waals surface area contributed by atoms with Crippen molar-refractivity contribution in [2.75, 3.05) is 19.6 Å². The Morgan fingerprint density at radius 2 is 2.00 bits per heavy atom. The second-order valence-corrected chi connectivity index (χ2v) is 5.47. The maximum Gasteiger partial charge on any atom is 0.252 e. The van der Waals surface area contributed by atoms with E-state index in [1.807, 2.05) is 18.2 Å². The average Bonchev–Trinajstić information content (AvgIpc) is 3.01. The van der Waals surface area contributed by atoms with Crippen LogP contribution in [0, 0.1) is 0 Å². The zero-order chi connectivity index (χ0) is 16.8. The number of carbonyl (C=O) groups is 1. The first-order chi connectivity index (χ1) is 11.8. The number of fused-ring (bicyclic) bond motifs is 1. The number of carbonyl (C=O) groups excluding carboxylic acids is 1. The molecule has 1 amide bonds. The van der Waals surface area contributed by atoms with Crippen molar-refractivity contribution >= 4 is 11.7 Å². The van der Waals surface area contributed by atoms with E-state index in [4.69, 9.17) is 5.73 Å². The predicted octanol–water partition coefficient (Wildman–Crippen LogP) is 0.697. The SMILES string of the molecule is NCCN(CCc1ccccc1)C(=O)Cc1nc2ncccn2n1. The van der Waals surface area contributed by atoms with Gasteiger partial charge in [-0.3, -0.25) is 4.79 Å². The van der Waals surface area contributed by atoms with E-state index in [0.717, 1.165) is 6.42 Å². The van der Waals surface area contributed by atoms with Gasteiger partial charge >= 0.3 is 0 Å². The van der Waals surface area contributed by atoms with E-state index in [1.165, 1.54) is 5.56 Å². The van der Waals surface area contributed by atoms with Gasteiger partial charge in [0.2, 0.25) is 5.91 Å². The van der Waals surface area contributed by atoms with Gasteiger partial charge in [-0.1, -0.05) is 30.3 Å². The molecular formula is C17H20N6O. The van der Waals surface area contributed by atoms with Crippen molar-refractivity contribution in [3.05, 3.63) is 60.2 Å². The second kappa shape index (κ2) is 7.65. The fourth-order valence-electron chi connectivity index (χ4n) is 2.52. The topological polar surface area (TPSA) is 89.4 Å². The van der Waals surface area contributed by atoms with Gasteiger partial charge in [-0.15, -0.1) is 5.10 Å². The van der Waals surface area contributed by atoms with Crippen molar-refractivity contribution < 1.29 is 4.79 Å². The number of amides is 1. The van der Waals surface area contributed by atoms with Crippen molar-refractivity contribution in [1.29, 1.82) is 0 Å². The fourth-order valence-corrected chi connectivity index (χ4v) is 2.52. The largest absolute Gasteiger partial charge is 0.341 e. The van der Waals surface area contributed by atoms with Gasteiger partial charge in [0.25, 0.3) is 5.78 Å². The van der Waals surface area contributed by atoms with E-state index < -0.39 is 0 Å². The van der Waals surface area contributed by atoms with E-state index in [1.54, 1.807) is 27.9 Å². The van der Waals surface area contributed by atoms with Crippen molar-refractivity contribution in [2.45, 2.75) is 12.8 Å². The molecule has 0 unspecified atom stereocenters. The van der Waals surface area contributed by atoms with Gasteiger partial charge in [0.15, 0.2) is 5.82 Å². The second-order valence-electron chi connectivity index (χ2n) is 5.47. The smallest absolute Gasteiger partial charge is 0.252 e. The minimum atomic E-state index is -0.0210. The van der Waals surface area contributed by atoms with Crippen LogP contribution in [0.3, 0.4) is 0 Å². The first-order valence-electron chi connectivity index (χ1n) is 7.94. The van der Waals surface area contributed by atoms with Crippen molar-refractivity contribution in [2.24, 2.45) is 5.73 Å². The summed E-state index contributed by atoms with van der Waals surface area (Å²) < 4.78 is 1.57. The highest BCUT2D eigenvalue weighted by molar-refractivity contribution is 5.78. The summed E-state index contributed by atoms with van der Waals surface area (Å²) in [5.41, 5.74) is 6.85. The number of benzene rings is 1. The minimum Gasteiger partial charge on any atom is -0.341 e. The third-order valence-electron chi connectivity index (χ3n) is 3.73. The van der Waals surface area contributed by atoms with E-state index in [0.29, 0.717) is 31.2 Å². The zero-order valence-corrected chi connectivity index (χ0v) is 13.4. The molecule has 2 N–H and O–H groups in total. The molecular weight excluding hydrogens is 304 g/mol. The molecule has 2 aromatic heterocycles. The first-order valence-corrected chi connectivity index (χ1v) is 7.94. The lowest BCUT2D eigenvalue weighted by molar-refractivity contribution is -0.130.